The van der Waals surface area contributed by atoms with Crippen molar-refractivity contribution < 1.29 is 18.3 Å². The zero-order valence-corrected chi connectivity index (χ0v) is 11.0. The van der Waals surface area contributed by atoms with Gasteiger partial charge in [0.15, 0.2) is 0 Å². The summed E-state index contributed by atoms with van der Waals surface area (Å²) in [7, 11) is -3.74. The summed E-state index contributed by atoms with van der Waals surface area (Å²) in [5, 5.41) is 14.7. The molecule has 20 heavy (non-hydrogen) atoms. The number of carboxylic acids is 1. The van der Waals surface area contributed by atoms with Crippen molar-refractivity contribution in [1.82, 2.24) is 10.2 Å². The van der Waals surface area contributed by atoms with Gasteiger partial charge in [0, 0.05) is 12.3 Å². The number of benzene rings is 1. The summed E-state index contributed by atoms with van der Waals surface area (Å²) in [5.74, 6) is -1.10. The second kappa shape index (κ2) is 5.57. The van der Waals surface area contributed by atoms with Gasteiger partial charge in [0.25, 0.3) is 10.0 Å². The van der Waals surface area contributed by atoms with E-state index in [1.54, 1.807) is 6.07 Å². The zero-order chi connectivity index (χ0) is 14.6. The molecule has 1 aromatic heterocycles. The molecular weight excluding hydrogens is 282 g/mol. The van der Waals surface area contributed by atoms with Crippen molar-refractivity contribution >= 4 is 27.8 Å². The van der Waals surface area contributed by atoms with E-state index in [1.807, 2.05) is 0 Å². The molecule has 0 amide bonds. The Kier molecular flexibility index (Phi) is 3.85. The maximum Gasteiger partial charge on any atom is 0.328 e. The average molecular weight is 293 g/mol. The van der Waals surface area contributed by atoms with E-state index < -0.39 is 16.0 Å². The van der Waals surface area contributed by atoms with Crippen LogP contribution in [-0.4, -0.2) is 29.7 Å². The van der Waals surface area contributed by atoms with Gasteiger partial charge < -0.3 is 5.11 Å². The summed E-state index contributed by atoms with van der Waals surface area (Å²) in [6.45, 7) is 0. The fourth-order valence-electron chi connectivity index (χ4n) is 1.47. The van der Waals surface area contributed by atoms with Gasteiger partial charge in [-0.15, -0.1) is 0 Å². The molecule has 0 saturated heterocycles. The Hall–Kier alpha value is -2.61. The molecule has 0 unspecified atom stereocenters. The summed E-state index contributed by atoms with van der Waals surface area (Å²) >= 11 is 0. The lowest BCUT2D eigenvalue weighted by molar-refractivity contribution is -0.131. The largest absolute Gasteiger partial charge is 0.478 e. The molecular formula is C12H11N3O4S. The molecule has 1 aromatic carbocycles. The standard InChI is InChI=1S/C12H11N3O4S/c16-12(17)5-4-9-2-1-3-11(6-9)20(18,19)15-10-7-13-14-8-10/h1-8,15H,(H,13,14)(H,16,17). The molecule has 0 radical (unpaired) electrons. The van der Waals surface area contributed by atoms with Crippen LogP contribution in [0.4, 0.5) is 5.69 Å². The highest BCUT2D eigenvalue weighted by Crippen LogP contribution is 2.16. The van der Waals surface area contributed by atoms with Gasteiger partial charge in [0.2, 0.25) is 0 Å². The number of sulfonamides is 1. The summed E-state index contributed by atoms with van der Waals surface area (Å²) < 4.78 is 26.5. The highest BCUT2D eigenvalue weighted by atomic mass is 32.2. The SMILES string of the molecule is O=C(O)C=Cc1cccc(S(=O)(=O)Nc2cn[nH]c2)c1. The first-order valence-electron chi connectivity index (χ1n) is 5.50. The topological polar surface area (TPSA) is 112 Å². The highest BCUT2D eigenvalue weighted by Gasteiger charge is 2.14. The van der Waals surface area contributed by atoms with Gasteiger partial charge in [0.05, 0.1) is 16.8 Å². The van der Waals surface area contributed by atoms with Crippen molar-refractivity contribution in [2.75, 3.05) is 4.72 Å². The first-order chi connectivity index (χ1) is 9.47. The number of H-pyrrole nitrogens is 1. The molecule has 0 saturated carbocycles. The summed E-state index contributed by atoms with van der Waals surface area (Å²) in [6, 6.07) is 5.93. The highest BCUT2D eigenvalue weighted by molar-refractivity contribution is 7.92. The second-order valence-corrected chi connectivity index (χ2v) is 5.52. The van der Waals surface area contributed by atoms with Crippen LogP contribution in [0.3, 0.4) is 0 Å². The molecule has 7 nitrogen and oxygen atoms in total. The zero-order valence-electron chi connectivity index (χ0n) is 10.1. The lowest BCUT2D eigenvalue weighted by Gasteiger charge is -2.06. The molecule has 0 spiro atoms. The molecule has 0 atom stereocenters. The van der Waals surface area contributed by atoms with E-state index in [0.29, 0.717) is 11.3 Å². The molecule has 2 aromatic rings. The third kappa shape index (κ3) is 3.45. The van der Waals surface area contributed by atoms with E-state index in [1.165, 1.54) is 36.7 Å². The van der Waals surface area contributed by atoms with E-state index in [2.05, 4.69) is 14.9 Å². The molecule has 0 aliphatic rings. The Morgan fingerprint density at radius 3 is 2.85 bits per heavy atom. The number of aliphatic carboxylic acids is 1. The lowest BCUT2D eigenvalue weighted by Crippen LogP contribution is -2.12. The van der Waals surface area contributed by atoms with Crippen LogP contribution < -0.4 is 4.72 Å². The van der Waals surface area contributed by atoms with E-state index in [0.717, 1.165) is 6.08 Å². The van der Waals surface area contributed by atoms with Crippen LogP contribution in [0.15, 0.2) is 47.6 Å². The van der Waals surface area contributed by atoms with Gasteiger partial charge in [-0.25, -0.2) is 13.2 Å². The van der Waals surface area contributed by atoms with Crippen LogP contribution in [0.25, 0.3) is 6.08 Å². The minimum atomic E-state index is -3.74. The van der Waals surface area contributed by atoms with E-state index in [-0.39, 0.29) is 4.90 Å². The predicted molar refractivity (Wildman–Crippen MR) is 72.5 cm³/mol. The first kappa shape index (κ1) is 13.8. The first-order valence-corrected chi connectivity index (χ1v) is 6.98. The molecule has 0 aliphatic heterocycles. The molecule has 3 N–H and O–H groups in total. The minimum Gasteiger partial charge on any atom is -0.478 e. The van der Waals surface area contributed by atoms with Crippen molar-refractivity contribution in [3.63, 3.8) is 0 Å². The van der Waals surface area contributed by atoms with Crippen molar-refractivity contribution in [2.24, 2.45) is 0 Å². The number of nitrogens with one attached hydrogen (secondary N) is 2. The van der Waals surface area contributed by atoms with Crippen LogP contribution in [0.2, 0.25) is 0 Å². The summed E-state index contributed by atoms with van der Waals surface area (Å²) in [5.41, 5.74) is 0.791. The van der Waals surface area contributed by atoms with Gasteiger partial charge in [-0.1, -0.05) is 12.1 Å². The summed E-state index contributed by atoms with van der Waals surface area (Å²) in [4.78, 5) is 10.5. The lowest BCUT2D eigenvalue weighted by atomic mass is 10.2. The van der Waals surface area contributed by atoms with Crippen LogP contribution in [0, 0.1) is 0 Å². The van der Waals surface area contributed by atoms with E-state index >= 15 is 0 Å². The number of carbonyl (C=O) groups is 1. The molecule has 8 heteroatoms. The Balaban J connectivity index is 2.28. The van der Waals surface area contributed by atoms with Gasteiger partial charge >= 0.3 is 5.97 Å². The fourth-order valence-corrected chi connectivity index (χ4v) is 2.56. The minimum absolute atomic E-state index is 0.0336. The van der Waals surface area contributed by atoms with Crippen molar-refractivity contribution in [3.8, 4) is 0 Å². The number of aromatic nitrogens is 2. The Morgan fingerprint density at radius 2 is 2.20 bits per heavy atom. The molecule has 0 aliphatic carbocycles. The van der Waals surface area contributed by atoms with Crippen LogP contribution in [0.5, 0.6) is 0 Å². The third-order valence-electron chi connectivity index (χ3n) is 2.34. The maximum absolute atomic E-state index is 12.1. The predicted octanol–water partition coefficient (Wildman–Crippen LogP) is 1.31. The molecule has 1 heterocycles. The second-order valence-electron chi connectivity index (χ2n) is 3.84. The van der Waals surface area contributed by atoms with Gasteiger partial charge in [-0.2, -0.15) is 5.10 Å². The molecule has 2 rings (SSSR count). The number of aromatic amines is 1. The van der Waals surface area contributed by atoms with Gasteiger partial charge in [-0.3, -0.25) is 9.82 Å². The van der Waals surface area contributed by atoms with Crippen molar-refractivity contribution in [1.29, 1.82) is 0 Å². The molecule has 0 bridgehead atoms. The van der Waals surface area contributed by atoms with Crippen LogP contribution in [0.1, 0.15) is 5.56 Å². The quantitative estimate of drug-likeness (QED) is 0.719. The maximum atomic E-state index is 12.1. The van der Waals surface area contributed by atoms with Crippen molar-refractivity contribution in [3.05, 3.63) is 48.3 Å². The smallest absolute Gasteiger partial charge is 0.328 e. The Morgan fingerprint density at radius 1 is 1.40 bits per heavy atom. The fraction of sp³-hybridized carbons (Fsp3) is 0. The monoisotopic (exact) mass is 293 g/mol. The third-order valence-corrected chi connectivity index (χ3v) is 3.72. The normalized spacial score (nSPS) is 11.6. The number of nitrogens with zero attached hydrogens (tertiary/aromatic N) is 1. The van der Waals surface area contributed by atoms with Crippen LogP contribution in [-0.2, 0) is 14.8 Å². The average Bonchev–Trinajstić information content (AvgIpc) is 2.89. The van der Waals surface area contributed by atoms with Gasteiger partial charge in [0.1, 0.15) is 0 Å². The Labute approximate surface area is 115 Å². The Bertz CT molecular complexity index is 736. The van der Waals surface area contributed by atoms with E-state index in [4.69, 9.17) is 5.11 Å². The van der Waals surface area contributed by atoms with Crippen molar-refractivity contribution in [2.45, 2.75) is 4.90 Å². The van der Waals surface area contributed by atoms with E-state index in [9.17, 15) is 13.2 Å². The number of rotatable bonds is 5. The van der Waals surface area contributed by atoms with Gasteiger partial charge in [-0.05, 0) is 23.8 Å². The number of hydrogen-bond donors (Lipinski definition) is 3. The number of carboxylic acid groups (broad SMARTS) is 1. The summed E-state index contributed by atoms with van der Waals surface area (Å²) in [6.07, 6.45) is 5.01. The number of anilines is 1. The van der Waals surface area contributed by atoms with Crippen LogP contribution >= 0.6 is 0 Å². The molecule has 0 fully saturated rings. The molecule has 104 valence electrons. The number of hydrogen-bond acceptors (Lipinski definition) is 4.